The average Bonchev–Trinajstić information content (AvgIpc) is 2.84. The topological polar surface area (TPSA) is 57.6 Å². The van der Waals surface area contributed by atoms with Crippen molar-refractivity contribution in [1.82, 2.24) is 0 Å². The number of amides is 2. The molecule has 0 saturated heterocycles. The first kappa shape index (κ1) is 17.0. The smallest absolute Gasteiger partial charge is 0.301 e. The Morgan fingerprint density at radius 1 is 0.920 bits per heavy atom. The molecule has 0 fully saturated rings. The van der Waals surface area contributed by atoms with E-state index in [9.17, 15) is 14.7 Å². The van der Waals surface area contributed by atoms with Gasteiger partial charge < -0.3 is 5.11 Å². The van der Waals surface area contributed by atoms with Gasteiger partial charge in [-0.2, -0.15) is 0 Å². The Morgan fingerprint density at radius 3 is 2.16 bits per heavy atom. The first-order chi connectivity index (χ1) is 12.0. The van der Waals surface area contributed by atoms with Gasteiger partial charge in [-0.1, -0.05) is 55.3 Å². The van der Waals surface area contributed by atoms with E-state index in [1.807, 2.05) is 31.2 Å². The second-order valence-corrected chi connectivity index (χ2v) is 6.31. The zero-order valence-electron chi connectivity index (χ0n) is 14.5. The molecule has 0 aliphatic carbocycles. The van der Waals surface area contributed by atoms with Crippen molar-refractivity contribution in [3.63, 3.8) is 0 Å². The standard InChI is InChI=1S/C21H21NO3/c1-3-4-5-15-8-12-17(13-9-15)22-20(24)18(19(23)21(22)25)16-10-6-14(2)7-11-16/h6-13,23H,3-5H2,1-2H3. The normalized spacial score (nSPS) is 14.6. The van der Waals surface area contributed by atoms with E-state index >= 15 is 0 Å². The van der Waals surface area contributed by atoms with Crippen LogP contribution in [0, 0.1) is 6.92 Å². The second kappa shape index (κ2) is 6.93. The van der Waals surface area contributed by atoms with Gasteiger partial charge in [-0.25, -0.2) is 4.90 Å². The van der Waals surface area contributed by atoms with E-state index in [2.05, 4.69) is 6.92 Å². The first-order valence-corrected chi connectivity index (χ1v) is 8.51. The van der Waals surface area contributed by atoms with Crippen LogP contribution >= 0.6 is 0 Å². The monoisotopic (exact) mass is 335 g/mol. The van der Waals surface area contributed by atoms with Crippen LogP contribution in [0.1, 0.15) is 36.5 Å². The number of aliphatic hydroxyl groups is 1. The van der Waals surface area contributed by atoms with E-state index in [1.165, 1.54) is 5.56 Å². The Labute approximate surface area is 147 Å². The Kier molecular flexibility index (Phi) is 4.70. The highest BCUT2D eigenvalue weighted by atomic mass is 16.3. The number of rotatable bonds is 5. The number of benzene rings is 2. The summed E-state index contributed by atoms with van der Waals surface area (Å²) in [6, 6.07) is 14.5. The molecule has 1 N–H and O–H groups in total. The molecule has 4 nitrogen and oxygen atoms in total. The van der Waals surface area contributed by atoms with E-state index in [0.717, 1.165) is 29.7 Å². The minimum atomic E-state index is -0.679. The largest absolute Gasteiger partial charge is 0.502 e. The molecule has 0 saturated carbocycles. The van der Waals surface area contributed by atoms with Crippen LogP contribution in [0.25, 0.3) is 5.57 Å². The maximum atomic E-state index is 12.8. The third-order valence-corrected chi connectivity index (χ3v) is 4.41. The minimum absolute atomic E-state index is 0.0556. The van der Waals surface area contributed by atoms with E-state index in [-0.39, 0.29) is 5.57 Å². The number of hydrogen-bond acceptors (Lipinski definition) is 3. The zero-order valence-corrected chi connectivity index (χ0v) is 14.5. The lowest BCUT2D eigenvalue weighted by molar-refractivity contribution is -0.121. The van der Waals surface area contributed by atoms with Crippen LogP contribution in [0.15, 0.2) is 54.3 Å². The highest BCUT2D eigenvalue weighted by Crippen LogP contribution is 2.32. The average molecular weight is 335 g/mol. The molecule has 0 bridgehead atoms. The van der Waals surface area contributed by atoms with Gasteiger partial charge in [-0.3, -0.25) is 9.59 Å². The molecule has 2 aromatic rings. The van der Waals surface area contributed by atoms with Gasteiger partial charge in [-0.05, 0) is 43.0 Å². The first-order valence-electron chi connectivity index (χ1n) is 8.51. The molecular weight excluding hydrogens is 314 g/mol. The van der Waals surface area contributed by atoms with Gasteiger partial charge in [-0.15, -0.1) is 0 Å². The molecule has 0 aromatic heterocycles. The number of hydrogen-bond donors (Lipinski definition) is 1. The molecule has 0 spiro atoms. The highest BCUT2D eigenvalue weighted by Gasteiger charge is 2.40. The third kappa shape index (κ3) is 3.20. The van der Waals surface area contributed by atoms with Crippen molar-refractivity contribution in [1.29, 1.82) is 0 Å². The Balaban J connectivity index is 1.89. The SMILES string of the molecule is CCCCc1ccc(N2C(=O)C(O)=C(c3ccc(C)cc3)C2=O)cc1. The molecule has 0 radical (unpaired) electrons. The van der Waals surface area contributed by atoms with E-state index in [0.29, 0.717) is 11.3 Å². The highest BCUT2D eigenvalue weighted by molar-refractivity contribution is 6.44. The van der Waals surface area contributed by atoms with Gasteiger partial charge in [0.15, 0.2) is 5.76 Å². The molecule has 0 atom stereocenters. The number of nitrogens with zero attached hydrogens (tertiary/aromatic N) is 1. The molecule has 1 heterocycles. The molecule has 4 heteroatoms. The van der Waals surface area contributed by atoms with Crippen molar-refractivity contribution in [3.05, 3.63) is 71.0 Å². The van der Waals surface area contributed by atoms with E-state index in [1.54, 1.807) is 24.3 Å². The summed E-state index contributed by atoms with van der Waals surface area (Å²) in [6.45, 7) is 4.07. The quantitative estimate of drug-likeness (QED) is 0.834. The van der Waals surface area contributed by atoms with Gasteiger partial charge in [0.05, 0.1) is 11.3 Å². The molecule has 3 rings (SSSR count). The van der Waals surface area contributed by atoms with Crippen molar-refractivity contribution in [2.24, 2.45) is 0 Å². The Morgan fingerprint density at radius 2 is 1.56 bits per heavy atom. The minimum Gasteiger partial charge on any atom is -0.502 e. The summed E-state index contributed by atoms with van der Waals surface area (Å²) >= 11 is 0. The Hall–Kier alpha value is -2.88. The van der Waals surface area contributed by atoms with Crippen LogP contribution in [0.2, 0.25) is 0 Å². The predicted molar refractivity (Wildman–Crippen MR) is 98.3 cm³/mol. The van der Waals surface area contributed by atoms with Crippen molar-refractivity contribution in [2.45, 2.75) is 33.1 Å². The molecule has 2 aromatic carbocycles. The molecule has 128 valence electrons. The summed E-state index contributed by atoms with van der Waals surface area (Å²) in [5.41, 5.74) is 3.29. The number of carbonyl (C=O) groups is 2. The Bertz CT molecular complexity index is 832. The van der Waals surface area contributed by atoms with Crippen LogP contribution in [-0.2, 0) is 16.0 Å². The van der Waals surface area contributed by atoms with Gasteiger partial charge in [0.2, 0.25) is 0 Å². The van der Waals surface area contributed by atoms with Gasteiger partial charge >= 0.3 is 5.91 Å². The zero-order chi connectivity index (χ0) is 18.0. The summed E-state index contributed by atoms with van der Waals surface area (Å²) in [6.07, 6.45) is 3.18. The van der Waals surface area contributed by atoms with Crippen molar-refractivity contribution in [2.75, 3.05) is 4.90 Å². The summed E-state index contributed by atoms with van der Waals surface area (Å²) in [5.74, 6) is -1.67. The van der Waals surface area contributed by atoms with Crippen molar-refractivity contribution < 1.29 is 14.7 Å². The maximum Gasteiger partial charge on any atom is 0.301 e. The second-order valence-electron chi connectivity index (χ2n) is 6.31. The maximum absolute atomic E-state index is 12.8. The molecule has 1 aliphatic rings. The van der Waals surface area contributed by atoms with Crippen LogP contribution < -0.4 is 4.90 Å². The summed E-state index contributed by atoms with van der Waals surface area (Å²) < 4.78 is 0. The van der Waals surface area contributed by atoms with E-state index in [4.69, 9.17) is 0 Å². The molecule has 2 amide bonds. The number of unbranched alkanes of at least 4 members (excludes halogenated alkanes) is 1. The molecular formula is C21H21NO3. The fourth-order valence-corrected chi connectivity index (χ4v) is 2.93. The lowest BCUT2D eigenvalue weighted by atomic mass is 10.0. The van der Waals surface area contributed by atoms with Crippen LogP contribution in [0.4, 0.5) is 5.69 Å². The summed E-state index contributed by atoms with van der Waals surface area (Å²) in [4.78, 5) is 26.2. The number of carbonyl (C=O) groups excluding carboxylic acids is 2. The van der Waals surface area contributed by atoms with Crippen molar-refractivity contribution in [3.8, 4) is 0 Å². The van der Waals surface area contributed by atoms with Crippen LogP contribution in [0.5, 0.6) is 0 Å². The number of anilines is 1. The molecule has 1 aliphatic heterocycles. The fourth-order valence-electron chi connectivity index (χ4n) is 2.93. The molecule has 0 unspecified atom stereocenters. The summed E-state index contributed by atoms with van der Waals surface area (Å²) in [7, 11) is 0. The van der Waals surface area contributed by atoms with Gasteiger partial charge in [0.25, 0.3) is 5.91 Å². The van der Waals surface area contributed by atoms with Crippen LogP contribution in [-0.4, -0.2) is 16.9 Å². The predicted octanol–water partition coefficient (Wildman–Crippen LogP) is 4.18. The number of imide groups is 1. The lowest BCUT2D eigenvalue weighted by Gasteiger charge is -2.15. The number of aliphatic hydroxyl groups excluding tert-OH is 1. The summed E-state index contributed by atoms with van der Waals surface area (Å²) in [5, 5.41) is 10.2. The van der Waals surface area contributed by atoms with Crippen LogP contribution in [0.3, 0.4) is 0 Å². The lowest BCUT2D eigenvalue weighted by Crippen LogP contribution is -2.31. The van der Waals surface area contributed by atoms with Gasteiger partial charge in [0.1, 0.15) is 0 Å². The van der Waals surface area contributed by atoms with Crippen molar-refractivity contribution >= 4 is 23.1 Å². The number of aryl methyl sites for hydroxylation is 2. The van der Waals surface area contributed by atoms with E-state index < -0.39 is 17.6 Å². The van der Waals surface area contributed by atoms with Gasteiger partial charge in [0, 0.05) is 0 Å². The fraction of sp³-hybridized carbons (Fsp3) is 0.238. The molecule has 25 heavy (non-hydrogen) atoms. The third-order valence-electron chi connectivity index (χ3n) is 4.41.